The van der Waals surface area contributed by atoms with Gasteiger partial charge in [0.1, 0.15) is 0 Å². The van der Waals surface area contributed by atoms with Crippen LogP contribution in [-0.4, -0.2) is 43.7 Å². The fourth-order valence-corrected chi connectivity index (χ4v) is 1.23. The molecule has 1 amide bonds. The van der Waals surface area contributed by atoms with E-state index in [4.69, 9.17) is 10.5 Å². The van der Waals surface area contributed by atoms with Gasteiger partial charge in [-0.15, -0.1) is 0 Å². The Labute approximate surface area is 92.8 Å². The maximum Gasteiger partial charge on any atom is 0.224 e. The number of hydrogen-bond donors (Lipinski definition) is 1. The van der Waals surface area contributed by atoms with Crippen LogP contribution < -0.4 is 5.73 Å². The second kappa shape index (κ2) is 7.65. The summed E-state index contributed by atoms with van der Waals surface area (Å²) >= 11 is 0. The Hall–Kier alpha value is -0.610. The van der Waals surface area contributed by atoms with Gasteiger partial charge in [-0.05, 0) is 12.8 Å². The lowest BCUT2D eigenvalue weighted by molar-refractivity contribution is -0.132. The van der Waals surface area contributed by atoms with E-state index < -0.39 is 0 Å². The standard InChI is InChI=1S/C11H24N2O2/c1-5-13(6-7-15-4)11(14)8-10(12)9(2)3/h9-10H,5-8,12H2,1-4H3. The molecular weight excluding hydrogens is 192 g/mol. The third kappa shape index (κ3) is 5.74. The highest BCUT2D eigenvalue weighted by Crippen LogP contribution is 2.05. The monoisotopic (exact) mass is 216 g/mol. The minimum Gasteiger partial charge on any atom is -0.383 e. The van der Waals surface area contributed by atoms with Gasteiger partial charge in [0.15, 0.2) is 0 Å². The van der Waals surface area contributed by atoms with Gasteiger partial charge in [0.2, 0.25) is 5.91 Å². The van der Waals surface area contributed by atoms with Crippen LogP contribution in [0.1, 0.15) is 27.2 Å². The van der Waals surface area contributed by atoms with E-state index >= 15 is 0 Å². The highest BCUT2D eigenvalue weighted by atomic mass is 16.5. The largest absolute Gasteiger partial charge is 0.383 e. The Bertz CT molecular complexity index is 183. The Balaban J connectivity index is 4.03. The molecule has 0 aromatic carbocycles. The Morgan fingerprint density at radius 3 is 2.47 bits per heavy atom. The second-order valence-electron chi connectivity index (χ2n) is 4.08. The smallest absolute Gasteiger partial charge is 0.224 e. The van der Waals surface area contributed by atoms with Crippen molar-refractivity contribution in [2.24, 2.45) is 11.7 Å². The van der Waals surface area contributed by atoms with Gasteiger partial charge in [-0.3, -0.25) is 4.79 Å². The SMILES string of the molecule is CCN(CCOC)C(=O)CC(N)C(C)C. The Morgan fingerprint density at radius 1 is 1.47 bits per heavy atom. The molecule has 0 saturated heterocycles. The topological polar surface area (TPSA) is 55.6 Å². The molecule has 0 fully saturated rings. The van der Waals surface area contributed by atoms with Crippen LogP contribution in [-0.2, 0) is 9.53 Å². The lowest BCUT2D eigenvalue weighted by Gasteiger charge is -2.23. The number of hydrogen-bond acceptors (Lipinski definition) is 3. The van der Waals surface area contributed by atoms with E-state index in [2.05, 4.69) is 0 Å². The quantitative estimate of drug-likeness (QED) is 0.686. The summed E-state index contributed by atoms with van der Waals surface area (Å²) in [7, 11) is 1.64. The molecule has 15 heavy (non-hydrogen) atoms. The van der Waals surface area contributed by atoms with E-state index in [9.17, 15) is 4.79 Å². The molecule has 0 spiro atoms. The van der Waals surface area contributed by atoms with E-state index in [1.165, 1.54) is 0 Å². The van der Waals surface area contributed by atoms with Crippen molar-refractivity contribution >= 4 is 5.91 Å². The third-order valence-electron chi connectivity index (χ3n) is 2.57. The normalized spacial score (nSPS) is 12.9. The molecule has 0 aliphatic carbocycles. The molecule has 0 saturated carbocycles. The number of likely N-dealkylation sites (N-methyl/N-ethyl adjacent to an activating group) is 1. The molecule has 2 N–H and O–H groups in total. The first-order chi connectivity index (χ1) is 7.02. The average molecular weight is 216 g/mol. The second-order valence-corrected chi connectivity index (χ2v) is 4.08. The van der Waals surface area contributed by atoms with Gasteiger partial charge >= 0.3 is 0 Å². The van der Waals surface area contributed by atoms with Crippen molar-refractivity contribution in [2.75, 3.05) is 26.8 Å². The number of amides is 1. The molecule has 0 radical (unpaired) electrons. The van der Waals surface area contributed by atoms with Crippen LogP contribution in [0.15, 0.2) is 0 Å². The Kier molecular flexibility index (Phi) is 7.34. The highest BCUT2D eigenvalue weighted by molar-refractivity contribution is 5.76. The van der Waals surface area contributed by atoms with Crippen LogP contribution in [0.25, 0.3) is 0 Å². The predicted octanol–water partition coefficient (Wildman–Crippen LogP) is 0.855. The molecule has 4 heteroatoms. The molecule has 4 nitrogen and oxygen atoms in total. The van der Waals surface area contributed by atoms with Crippen LogP contribution in [0.2, 0.25) is 0 Å². The first-order valence-electron chi connectivity index (χ1n) is 5.55. The van der Waals surface area contributed by atoms with Crippen molar-refractivity contribution in [3.05, 3.63) is 0 Å². The maximum atomic E-state index is 11.8. The summed E-state index contributed by atoms with van der Waals surface area (Å²) in [6.45, 7) is 7.97. The van der Waals surface area contributed by atoms with Crippen molar-refractivity contribution in [2.45, 2.75) is 33.2 Å². The van der Waals surface area contributed by atoms with Gasteiger partial charge in [-0.25, -0.2) is 0 Å². The van der Waals surface area contributed by atoms with Gasteiger partial charge in [0.25, 0.3) is 0 Å². The van der Waals surface area contributed by atoms with Gasteiger partial charge in [0.05, 0.1) is 6.61 Å². The summed E-state index contributed by atoms with van der Waals surface area (Å²) in [5, 5.41) is 0. The number of carbonyl (C=O) groups is 1. The minimum atomic E-state index is -0.0471. The molecule has 0 rings (SSSR count). The Morgan fingerprint density at radius 2 is 2.07 bits per heavy atom. The molecule has 90 valence electrons. The van der Waals surface area contributed by atoms with Gasteiger partial charge in [0, 0.05) is 32.7 Å². The van der Waals surface area contributed by atoms with Crippen LogP contribution in [0.4, 0.5) is 0 Å². The molecule has 0 aromatic heterocycles. The van der Waals surface area contributed by atoms with Crippen molar-refractivity contribution in [3.63, 3.8) is 0 Å². The number of nitrogens with zero attached hydrogens (tertiary/aromatic N) is 1. The minimum absolute atomic E-state index is 0.0471. The molecule has 1 atom stereocenters. The molecule has 0 heterocycles. The first kappa shape index (κ1) is 14.4. The van der Waals surface area contributed by atoms with Crippen LogP contribution in [0.3, 0.4) is 0 Å². The van der Waals surface area contributed by atoms with E-state index in [0.717, 1.165) is 0 Å². The van der Waals surface area contributed by atoms with Crippen LogP contribution in [0.5, 0.6) is 0 Å². The molecule has 0 aliphatic rings. The summed E-state index contributed by atoms with van der Waals surface area (Å²) in [4.78, 5) is 13.6. The fourth-order valence-electron chi connectivity index (χ4n) is 1.23. The summed E-state index contributed by atoms with van der Waals surface area (Å²) in [6, 6.07) is -0.0471. The maximum absolute atomic E-state index is 11.8. The van der Waals surface area contributed by atoms with Crippen molar-refractivity contribution in [3.8, 4) is 0 Å². The lowest BCUT2D eigenvalue weighted by atomic mass is 10.0. The van der Waals surface area contributed by atoms with Crippen molar-refractivity contribution < 1.29 is 9.53 Å². The zero-order valence-corrected chi connectivity index (χ0v) is 10.3. The van der Waals surface area contributed by atoms with Gasteiger partial charge < -0.3 is 15.4 Å². The number of rotatable bonds is 7. The highest BCUT2D eigenvalue weighted by Gasteiger charge is 2.17. The fraction of sp³-hybridized carbons (Fsp3) is 0.909. The van der Waals surface area contributed by atoms with E-state index in [0.29, 0.717) is 32.0 Å². The zero-order chi connectivity index (χ0) is 11.8. The van der Waals surface area contributed by atoms with Gasteiger partial charge in [-0.1, -0.05) is 13.8 Å². The van der Waals surface area contributed by atoms with Crippen LogP contribution in [0, 0.1) is 5.92 Å². The molecule has 0 aromatic rings. The summed E-state index contributed by atoms with van der Waals surface area (Å²) < 4.78 is 4.95. The van der Waals surface area contributed by atoms with Gasteiger partial charge in [-0.2, -0.15) is 0 Å². The van der Waals surface area contributed by atoms with Crippen molar-refractivity contribution in [1.29, 1.82) is 0 Å². The average Bonchev–Trinajstić information content (AvgIpc) is 2.18. The van der Waals surface area contributed by atoms with E-state index in [-0.39, 0.29) is 11.9 Å². The third-order valence-corrected chi connectivity index (χ3v) is 2.57. The molecule has 1 unspecified atom stereocenters. The molecule has 0 aliphatic heterocycles. The predicted molar refractivity (Wildman–Crippen MR) is 61.6 cm³/mol. The number of methoxy groups -OCH3 is 1. The summed E-state index contributed by atoms with van der Waals surface area (Å²) in [5.41, 5.74) is 5.86. The number of carbonyl (C=O) groups excluding carboxylic acids is 1. The molecular formula is C11H24N2O2. The number of nitrogens with two attached hydrogens (primary N) is 1. The van der Waals surface area contributed by atoms with Crippen LogP contribution >= 0.6 is 0 Å². The zero-order valence-electron chi connectivity index (χ0n) is 10.3. The molecule has 0 bridgehead atoms. The number of ether oxygens (including phenoxy) is 1. The van der Waals surface area contributed by atoms with E-state index in [1.807, 2.05) is 20.8 Å². The first-order valence-corrected chi connectivity index (χ1v) is 5.55. The van der Waals surface area contributed by atoms with Crippen molar-refractivity contribution in [1.82, 2.24) is 4.90 Å². The van der Waals surface area contributed by atoms with E-state index in [1.54, 1.807) is 12.0 Å². The summed E-state index contributed by atoms with van der Waals surface area (Å²) in [5.74, 6) is 0.464. The summed E-state index contributed by atoms with van der Waals surface area (Å²) in [6.07, 6.45) is 0.426. The lowest BCUT2D eigenvalue weighted by Crippen LogP contribution is -2.39.